The van der Waals surface area contributed by atoms with Gasteiger partial charge in [0.2, 0.25) is 0 Å². The van der Waals surface area contributed by atoms with Crippen LogP contribution in [0.15, 0.2) is 29.2 Å². The Kier molecular flexibility index (Phi) is 4.20. The quantitative estimate of drug-likeness (QED) is 0.893. The molecule has 0 unspecified atom stereocenters. The van der Waals surface area contributed by atoms with E-state index in [9.17, 15) is 26.4 Å². The van der Waals surface area contributed by atoms with Crippen molar-refractivity contribution in [3.8, 4) is 0 Å². The van der Waals surface area contributed by atoms with Gasteiger partial charge in [-0.25, -0.2) is 8.42 Å². The molecule has 0 saturated heterocycles. The fourth-order valence-electron chi connectivity index (χ4n) is 1.93. The average molecular weight is 347 g/mol. The van der Waals surface area contributed by atoms with E-state index in [1.807, 2.05) is 0 Å². The molecule has 0 atom stereocenters. The van der Waals surface area contributed by atoms with Gasteiger partial charge in [0.1, 0.15) is 0 Å². The number of rotatable bonds is 3. The molecule has 0 spiro atoms. The highest BCUT2D eigenvalue weighted by molar-refractivity contribution is 7.92. The highest BCUT2D eigenvalue weighted by Crippen LogP contribution is 2.30. The van der Waals surface area contributed by atoms with Gasteiger partial charge in [0.25, 0.3) is 15.7 Å². The highest BCUT2D eigenvalue weighted by Gasteiger charge is 2.46. The lowest BCUT2D eigenvalue weighted by atomic mass is 10.2. The smallest absolute Gasteiger partial charge is 0.322 e. The topological polar surface area (TPSA) is 91.9 Å². The Hall–Kier alpha value is -2.36. The first kappa shape index (κ1) is 17.0. The molecule has 2 rings (SSSR count). The maximum atomic E-state index is 12.4. The molecule has 124 valence electrons. The zero-order valence-corrected chi connectivity index (χ0v) is 12.8. The molecule has 2 aromatic rings. The Bertz CT molecular complexity index is 820. The van der Waals surface area contributed by atoms with Crippen LogP contribution in [0.4, 0.5) is 18.9 Å². The van der Waals surface area contributed by atoms with E-state index < -0.39 is 26.1 Å². The zero-order chi connectivity index (χ0) is 17.4. The maximum absolute atomic E-state index is 12.4. The number of aromatic amines is 1. The third-order valence-electron chi connectivity index (χ3n) is 3.08. The lowest BCUT2D eigenvalue weighted by Gasteiger charge is -2.09. The molecule has 1 aromatic carbocycles. The molecule has 2 N–H and O–H groups in total. The third kappa shape index (κ3) is 3.21. The molecule has 10 heteroatoms. The van der Waals surface area contributed by atoms with Gasteiger partial charge in [-0.15, -0.1) is 0 Å². The van der Waals surface area contributed by atoms with Crippen molar-refractivity contribution in [3.05, 3.63) is 41.2 Å². The molecule has 1 amide bonds. The number of nitrogens with zero attached hydrogens (tertiary/aromatic N) is 1. The van der Waals surface area contributed by atoms with Gasteiger partial charge < -0.3 is 5.32 Å². The number of carbonyl (C=O) groups is 1. The monoisotopic (exact) mass is 347 g/mol. The summed E-state index contributed by atoms with van der Waals surface area (Å²) in [4.78, 5) is 11.2. The van der Waals surface area contributed by atoms with Gasteiger partial charge in [0.15, 0.2) is 0 Å². The number of aromatic nitrogens is 2. The number of benzene rings is 1. The summed E-state index contributed by atoms with van der Waals surface area (Å²) in [5, 5.41) is 8.96. The van der Waals surface area contributed by atoms with Gasteiger partial charge in [0.05, 0.1) is 16.2 Å². The van der Waals surface area contributed by atoms with E-state index in [1.54, 1.807) is 13.8 Å². The first-order valence-electron chi connectivity index (χ1n) is 6.28. The molecule has 0 radical (unpaired) electrons. The Balaban J connectivity index is 2.23. The van der Waals surface area contributed by atoms with Crippen LogP contribution in [0.25, 0.3) is 0 Å². The van der Waals surface area contributed by atoms with E-state index in [0.29, 0.717) is 17.0 Å². The molecule has 0 fully saturated rings. The first-order chi connectivity index (χ1) is 10.5. The van der Waals surface area contributed by atoms with Gasteiger partial charge in [-0.05, 0) is 38.1 Å². The number of nitrogens with one attached hydrogen (secondary N) is 2. The Morgan fingerprint density at radius 3 is 2.17 bits per heavy atom. The van der Waals surface area contributed by atoms with Crippen LogP contribution in [-0.2, 0) is 9.84 Å². The van der Waals surface area contributed by atoms with Crippen molar-refractivity contribution < 1.29 is 26.4 Å². The lowest BCUT2D eigenvalue weighted by molar-refractivity contribution is -0.0436. The molecule has 1 heterocycles. The molecule has 1 aromatic heterocycles. The van der Waals surface area contributed by atoms with Gasteiger partial charge in [-0.2, -0.15) is 18.3 Å². The van der Waals surface area contributed by atoms with Crippen molar-refractivity contribution in [1.82, 2.24) is 10.2 Å². The molecule has 0 bridgehead atoms. The molecule has 0 aliphatic carbocycles. The Morgan fingerprint density at radius 1 is 1.17 bits per heavy atom. The van der Waals surface area contributed by atoms with Crippen LogP contribution in [0.3, 0.4) is 0 Å². The fourth-order valence-corrected chi connectivity index (χ4v) is 2.69. The summed E-state index contributed by atoms with van der Waals surface area (Å²) < 4.78 is 59.8. The second-order valence-corrected chi connectivity index (χ2v) is 6.68. The molecule has 0 saturated carbocycles. The summed E-state index contributed by atoms with van der Waals surface area (Å²) in [5.41, 5.74) is -3.89. The third-order valence-corrected chi connectivity index (χ3v) is 4.58. The van der Waals surface area contributed by atoms with Crippen molar-refractivity contribution in [1.29, 1.82) is 0 Å². The van der Waals surface area contributed by atoms with Crippen molar-refractivity contribution in [2.75, 3.05) is 5.32 Å². The number of anilines is 1. The predicted octanol–water partition coefficient (Wildman–Crippen LogP) is 2.57. The average Bonchev–Trinajstić information content (AvgIpc) is 2.77. The maximum Gasteiger partial charge on any atom is 0.501 e. The number of H-pyrrole nitrogens is 1. The number of halogens is 3. The number of carbonyl (C=O) groups excluding carboxylic acids is 1. The highest BCUT2D eigenvalue weighted by atomic mass is 32.2. The van der Waals surface area contributed by atoms with Crippen LogP contribution in [0.1, 0.15) is 21.7 Å². The second kappa shape index (κ2) is 5.69. The Labute approximate surface area is 129 Å². The number of amides is 1. The van der Waals surface area contributed by atoms with Crippen LogP contribution in [0.2, 0.25) is 0 Å². The van der Waals surface area contributed by atoms with Crippen LogP contribution in [0, 0.1) is 13.8 Å². The molecule has 23 heavy (non-hydrogen) atoms. The summed E-state index contributed by atoms with van der Waals surface area (Å²) in [6, 6.07) is 3.74. The van der Waals surface area contributed by atoms with Gasteiger partial charge in [-0.1, -0.05) is 0 Å². The lowest BCUT2D eigenvalue weighted by Crippen LogP contribution is -2.23. The molecular formula is C13H12F3N3O3S. The van der Waals surface area contributed by atoms with Crippen molar-refractivity contribution in [2.24, 2.45) is 0 Å². The van der Waals surface area contributed by atoms with E-state index in [4.69, 9.17) is 0 Å². The van der Waals surface area contributed by atoms with Gasteiger partial charge in [-0.3, -0.25) is 9.89 Å². The minimum atomic E-state index is -5.41. The fraction of sp³-hybridized carbons (Fsp3) is 0.231. The minimum Gasteiger partial charge on any atom is -0.322 e. The number of hydrogen-bond acceptors (Lipinski definition) is 4. The zero-order valence-electron chi connectivity index (χ0n) is 12.0. The number of aryl methyl sites for hydroxylation is 2. The van der Waals surface area contributed by atoms with E-state index in [2.05, 4.69) is 15.5 Å². The summed E-state index contributed by atoms with van der Waals surface area (Å²) in [6.07, 6.45) is 0. The van der Waals surface area contributed by atoms with Gasteiger partial charge in [0, 0.05) is 11.4 Å². The summed E-state index contributed by atoms with van der Waals surface area (Å²) >= 11 is 0. The molecule has 0 aliphatic rings. The van der Waals surface area contributed by atoms with E-state index >= 15 is 0 Å². The number of hydrogen-bond donors (Lipinski definition) is 2. The predicted molar refractivity (Wildman–Crippen MR) is 75.7 cm³/mol. The number of sulfone groups is 1. The van der Waals surface area contributed by atoms with E-state index in [-0.39, 0.29) is 5.69 Å². The van der Waals surface area contributed by atoms with Crippen molar-refractivity contribution in [2.45, 2.75) is 24.3 Å². The van der Waals surface area contributed by atoms with E-state index in [0.717, 1.165) is 24.3 Å². The first-order valence-corrected chi connectivity index (χ1v) is 7.76. The van der Waals surface area contributed by atoms with Crippen molar-refractivity contribution >= 4 is 21.4 Å². The van der Waals surface area contributed by atoms with Crippen LogP contribution < -0.4 is 5.32 Å². The van der Waals surface area contributed by atoms with Crippen LogP contribution >= 0.6 is 0 Å². The Morgan fingerprint density at radius 2 is 1.74 bits per heavy atom. The standard InChI is InChI=1S/C13H12F3N3O3S/c1-7-11(8(2)19-18-7)12(20)17-9-3-5-10(6-4-9)23(21,22)13(14,15)16/h3-6H,1-2H3,(H,17,20)(H,18,19). The number of alkyl halides is 3. The normalized spacial score (nSPS) is 12.2. The summed E-state index contributed by atoms with van der Waals surface area (Å²) in [7, 11) is -5.41. The van der Waals surface area contributed by atoms with Crippen molar-refractivity contribution in [3.63, 3.8) is 0 Å². The second-order valence-electron chi connectivity index (χ2n) is 4.74. The SMILES string of the molecule is Cc1n[nH]c(C)c1C(=O)Nc1ccc(S(=O)(=O)C(F)(F)F)cc1. The summed E-state index contributed by atoms with van der Waals surface area (Å²) in [5.74, 6) is -0.500. The van der Waals surface area contributed by atoms with Crippen LogP contribution in [-0.4, -0.2) is 30.0 Å². The molecule has 0 aliphatic heterocycles. The largest absolute Gasteiger partial charge is 0.501 e. The van der Waals surface area contributed by atoms with Crippen LogP contribution in [0.5, 0.6) is 0 Å². The van der Waals surface area contributed by atoms with E-state index in [1.165, 1.54) is 0 Å². The summed E-state index contributed by atoms with van der Waals surface area (Å²) in [6.45, 7) is 3.27. The minimum absolute atomic E-state index is 0.163. The molecule has 6 nitrogen and oxygen atoms in total. The van der Waals surface area contributed by atoms with Gasteiger partial charge >= 0.3 is 5.51 Å². The molecular weight excluding hydrogens is 335 g/mol.